The van der Waals surface area contributed by atoms with Crippen LogP contribution in [0.1, 0.15) is 23.6 Å². The summed E-state index contributed by atoms with van der Waals surface area (Å²) in [6.07, 6.45) is 1.29. The highest BCUT2D eigenvalue weighted by atomic mass is 79.9. The molecule has 0 fully saturated rings. The van der Waals surface area contributed by atoms with E-state index < -0.39 is 6.10 Å². The lowest BCUT2D eigenvalue weighted by molar-refractivity contribution is 0.127. The predicted molar refractivity (Wildman–Crippen MR) is 55.4 cm³/mol. The van der Waals surface area contributed by atoms with Gasteiger partial charge in [-0.3, -0.25) is 0 Å². The molecule has 1 aliphatic carbocycles. The fraction of sp³-hybridized carbons (Fsp3) is 0.400. The van der Waals surface area contributed by atoms with E-state index in [9.17, 15) is 5.11 Å². The first kappa shape index (κ1) is 9.19. The number of aliphatic hydroxyl groups excluding tert-OH is 1. The average Bonchev–Trinajstić information content (AvgIpc) is 2.12. The van der Waals surface area contributed by atoms with Crippen LogP contribution in [0.25, 0.3) is 0 Å². The van der Waals surface area contributed by atoms with E-state index in [0.29, 0.717) is 0 Å². The smallest absolute Gasteiger partial charge is 0.0736 e. The molecule has 1 aromatic carbocycles. The minimum Gasteiger partial charge on any atom is -0.391 e. The summed E-state index contributed by atoms with van der Waals surface area (Å²) in [6, 6.07) is 5.81. The molecule has 0 aliphatic heterocycles. The fourth-order valence-electron chi connectivity index (χ4n) is 1.85. The quantitative estimate of drug-likeness (QED) is 0.728. The molecule has 2 nitrogen and oxygen atoms in total. The van der Waals surface area contributed by atoms with E-state index in [4.69, 9.17) is 5.73 Å². The molecule has 13 heavy (non-hydrogen) atoms. The molecule has 70 valence electrons. The van der Waals surface area contributed by atoms with Gasteiger partial charge in [0, 0.05) is 4.47 Å². The molecule has 2 rings (SSSR count). The van der Waals surface area contributed by atoms with Crippen LogP contribution in [-0.4, -0.2) is 11.2 Å². The second-order valence-corrected chi connectivity index (χ2v) is 4.30. The van der Waals surface area contributed by atoms with Gasteiger partial charge in [-0.25, -0.2) is 0 Å². The van der Waals surface area contributed by atoms with E-state index in [-0.39, 0.29) is 6.04 Å². The van der Waals surface area contributed by atoms with Crippen molar-refractivity contribution in [2.24, 2.45) is 5.73 Å². The molecule has 2 atom stereocenters. The molecule has 0 spiro atoms. The van der Waals surface area contributed by atoms with Crippen LogP contribution in [0, 0.1) is 0 Å². The minimum atomic E-state index is -0.397. The molecule has 0 heterocycles. The number of benzene rings is 1. The first-order chi connectivity index (χ1) is 6.20. The van der Waals surface area contributed by atoms with Crippen molar-refractivity contribution < 1.29 is 5.11 Å². The molecule has 3 N–H and O–H groups in total. The van der Waals surface area contributed by atoms with Crippen molar-refractivity contribution in [1.29, 1.82) is 0 Å². The third-order valence-electron chi connectivity index (χ3n) is 2.60. The number of aryl methyl sites for hydroxylation is 1. The first-order valence-electron chi connectivity index (χ1n) is 4.41. The maximum atomic E-state index is 9.60. The second kappa shape index (κ2) is 3.40. The van der Waals surface area contributed by atoms with Crippen LogP contribution < -0.4 is 5.73 Å². The van der Waals surface area contributed by atoms with Gasteiger partial charge < -0.3 is 10.8 Å². The molecule has 3 heteroatoms. The lowest BCUT2D eigenvalue weighted by atomic mass is 9.86. The summed E-state index contributed by atoms with van der Waals surface area (Å²) in [5, 5.41) is 9.60. The summed E-state index contributed by atoms with van der Waals surface area (Å²) in [5.41, 5.74) is 8.24. The standard InChI is InChI=1S/C10H12BrNO/c11-7-3-1-2-6-4-5-8(13)10(12)9(6)7/h1-3,8,10,13H,4-5,12H2/t8-,10-/m0/s1. The summed E-state index contributed by atoms with van der Waals surface area (Å²) < 4.78 is 1.01. The molecule has 0 radical (unpaired) electrons. The Labute approximate surface area is 85.9 Å². The Morgan fingerprint density at radius 2 is 2.23 bits per heavy atom. The van der Waals surface area contributed by atoms with Gasteiger partial charge in [-0.1, -0.05) is 28.1 Å². The number of aliphatic hydroxyl groups is 1. The summed E-state index contributed by atoms with van der Waals surface area (Å²) in [5.74, 6) is 0. The lowest BCUT2D eigenvalue weighted by Gasteiger charge is -2.28. The number of rotatable bonds is 0. The Bertz CT molecular complexity index is 327. The second-order valence-electron chi connectivity index (χ2n) is 3.44. The van der Waals surface area contributed by atoms with Crippen LogP contribution in [0.2, 0.25) is 0 Å². The van der Waals surface area contributed by atoms with Crippen LogP contribution >= 0.6 is 15.9 Å². The van der Waals surface area contributed by atoms with Crippen molar-refractivity contribution in [1.82, 2.24) is 0 Å². The summed E-state index contributed by atoms with van der Waals surface area (Å²) in [7, 11) is 0. The summed E-state index contributed by atoms with van der Waals surface area (Å²) >= 11 is 3.46. The van der Waals surface area contributed by atoms with Gasteiger partial charge in [0.2, 0.25) is 0 Å². The first-order valence-corrected chi connectivity index (χ1v) is 5.20. The number of halogens is 1. The zero-order valence-corrected chi connectivity index (χ0v) is 8.79. The molecule has 0 saturated heterocycles. The topological polar surface area (TPSA) is 46.2 Å². The third kappa shape index (κ3) is 1.52. The van der Waals surface area contributed by atoms with Crippen LogP contribution in [-0.2, 0) is 6.42 Å². The van der Waals surface area contributed by atoms with Crippen LogP contribution in [0.3, 0.4) is 0 Å². The summed E-state index contributed by atoms with van der Waals surface area (Å²) in [6.45, 7) is 0. The van der Waals surface area contributed by atoms with E-state index in [1.807, 2.05) is 12.1 Å². The van der Waals surface area contributed by atoms with E-state index in [1.54, 1.807) is 0 Å². The van der Waals surface area contributed by atoms with Gasteiger partial charge in [-0.05, 0) is 30.0 Å². The maximum absolute atomic E-state index is 9.60. The molecule has 0 bridgehead atoms. The Morgan fingerprint density at radius 3 is 3.00 bits per heavy atom. The van der Waals surface area contributed by atoms with E-state index in [2.05, 4.69) is 22.0 Å². The van der Waals surface area contributed by atoms with Crippen molar-refractivity contribution in [3.8, 4) is 0 Å². The van der Waals surface area contributed by atoms with E-state index in [0.717, 1.165) is 22.9 Å². The maximum Gasteiger partial charge on any atom is 0.0736 e. The van der Waals surface area contributed by atoms with Gasteiger partial charge in [0.05, 0.1) is 12.1 Å². The highest BCUT2D eigenvalue weighted by molar-refractivity contribution is 9.10. The third-order valence-corrected chi connectivity index (χ3v) is 3.29. The largest absolute Gasteiger partial charge is 0.391 e. The Balaban J connectivity index is 2.51. The van der Waals surface area contributed by atoms with Crippen molar-refractivity contribution in [3.63, 3.8) is 0 Å². The van der Waals surface area contributed by atoms with Crippen molar-refractivity contribution in [2.75, 3.05) is 0 Å². The van der Waals surface area contributed by atoms with E-state index in [1.165, 1.54) is 5.56 Å². The molecule has 0 unspecified atom stereocenters. The molecular formula is C10H12BrNO. The van der Waals surface area contributed by atoms with Gasteiger partial charge in [-0.15, -0.1) is 0 Å². The minimum absolute atomic E-state index is 0.237. The monoisotopic (exact) mass is 241 g/mol. The average molecular weight is 242 g/mol. The molecular weight excluding hydrogens is 230 g/mol. The van der Waals surface area contributed by atoms with Gasteiger partial charge in [0.25, 0.3) is 0 Å². The van der Waals surface area contributed by atoms with Gasteiger partial charge in [-0.2, -0.15) is 0 Å². The molecule has 0 aromatic heterocycles. The Kier molecular flexibility index (Phi) is 2.41. The number of hydrogen-bond acceptors (Lipinski definition) is 2. The lowest BCUT2D eigenvalue weighted by Crippen LogP contribution is -2.31. The van der Waals surface area contributed by atoms with Gasteiger partial charge >= 0.3 is 0 Å². The Hall–Kier alpha value is -0.380. The summed E-state index contributed by atoms with van der Waals surface area (Å²) in [4.78, 5) is 0. The van der Waals surface area contributed by atoms with Crippen LogP contribution in [0.5, 0.6) is 0 Å². The molecule has 0 amide bonds. The predicted octanol–water partition coefficient (Wildman–Crippen LogP) is 1.76. The van der Waals surface area contributed by atoms with E-state index >= 15 is 0 Å². The van der Waals surface area contributed by atoms with Crippen molar-refractivity contribution in [2.45, 2.75) is 25.0 Å². The number of hydrogen-bond donors (Lipinski definition) is 2. The molecule has 1 aromatic rings. The number of nitrogens with two attached hydrogens (primary N) is 1. The van der Waals surface area contributed by atoms with Crippen LogP contribution in [0.4, 0.5) is 0 Å². The van der Waals surface area contributed by atoms with Gasteiger partial charge in [0.15, 0.2) is 0 Å². The zero-order valence-electron chi connectivity index (χ0n) is 7.20. The van der Waals surface area contributed by atoms with Gasteiger partial charge in [0.1, 0.15) is 0 Å². The van der Waals surface area contributed by atoms with Crippen molar-refractivity contribution in [3.05, 3.63) is 33.8 Å². The number of fused-ring (bicyclic) bond motifs is 1. The molecule has 0 saturated carbocycles. The SMILES string of the molecule is N[C@@H]1c2c(Br)cccc2CC[C@@H]1O. The van der Waals surface area contributed by atoms with Crippen LogP contribution in [0.15, 0.2) is 22.7 Å². The Morgan fingerprint density at radius 1 is 1.46 bits per heavy atom. The highest BCUT2D eigenvalue weighted by Gasteiger charge is 2.26. The zero-order chi connectivity index (χ0) is 9.42. The highest BCUT2D eigenvalue weighted by Crippen LogP contribution is 2.33. The van der Waals surface area contributed by atoms with Crippen molar-refractivity contribution >= 4 is 15.9 Å². The normalized spacial score (nSPS) is 27.0. The molecule has 1 aliphatic rings. The fourth-order valence-corrected chi connectivity index (χ4v) is 2.52.